The number of ether oxygens (including phenoxy) is 1. The molecular weight excluding hydrogens is 164 g/mol. The summed E-state index contributed by atoms with van der Waals surface area (Å²) in [5.41, 5.74) is 0.340. The van der Waals surface area contributed by atoms with Crippen LogP contribution in [0.15, 0.2) is 23.4 Å². The molecule has 2 nitrogen and oxygen atoms in total. The molecule has 0 atom stereocenters. The van der Waals surface area contributed by atoms with Crippen LogP contribution in [0.3, 0.4) is 0 Å². The zero-order valence-corrected chi connectivity index (χ0v) is 7.44. The van der Waals surface area contributed by atoms with Crippen LogP contribution < -0.4 is 0 Å². The molecule has 0 fully saturated rings. The molecule has 0 N–H and O–H groups in total. The van der Waals surface area contributed by atoms with Crippen molar-refractivity contribution < 1.29 is 9.53 Å². The van der Waals surface area contributed by atoms with Crippen molar-refractivity contribution >= 4 is 17.6 Å². The second kappa shape index (κ2) is 4.97. The first-order valence-electron chi connectivity index (χ1n) is 3.31. The maximum atomic E-state index is 10.8. The molecule has 0 unspecified atom stereocenters. The fourth-order valence-electron chi connectivity index (χ4n) is 0.378. The second-order valence-corrected chi connectivity index (χ2v) is 2.46. The van der Waals surface area contributed by atoms with Gasteiger partial charge in [0.2, 0.25) is 0 Å². The molecule has 0 aliphatic rings. The average Bonchev–Trinajstić information content (AvgIpc) is 1.87. The summed E-state index contributed by atoms with van der Waals surface area (Å²) in [5.74, 6) is -0.486. The van der Waals surface area contributed by atoms with Gasteiger partial charge in [0.1, 0.15) is 0 Å². The van der Waals surface area contributed by atoms with E-state index in [2.05, 4.69) is 11.3 Å². The highest BCUT2D eigenvalue weighted by Crippen LogP contribution is 2.07. The van der Waals surface area contributed by atoms with Crippen LogP contribution >= 0.6 is 11.6 Å². The highest BCUT2D eigenvalue weighted by molar-refractivity contribution is 6.29. The molecule has 62 valence electrons. The standard InChI is InChI=1S/C8H11ClO2/c1-4-5-7(9)11-8(10)6(2)3/h5H,2,4H2,1,3H3/b7-5+. The van der Waals surface area contributed by atoms with E-state index in [0.29, 0.717) is 5.57 Å². The van der Waals surface area contributed by atoms with Crippen molar-refractivity contribution in [3.05, 3.63) is 23.4 Å². The van der Waals surface area contributed by atoms with E-state index < -0.39 is 5.97 Å². The Hall–Kier alpha value is -0.760. The quantitative estimate of drug-likeness (QED) is 0.374. The van der Waals surface area contributed by atoms with Gasteiger partial charge in [0, 0.05) is 5.57 Å². The van der Waals surface area contributed by atoms with Crippen molar-refractivity contribution in [1.82, 2.24) is 0 Å². The topological polar surface area (TPSA) is 26.3 Å². The van der Waals surface area contributed by atoms with Crippen molar-refractivity contribution in [2.75, 3.05) is 0 Å². The minimum Gasteiger partial charge on any atom is -0.411 e. The minimum absolute atomic E-state index is 0.112. The Labute approximate surface area is 71.5 Å². The number of carbonyl (C=O) groups is 1. The lowest BCUT2D eigenvalue weighted by Gasteiger charge is -1.99. The van der Waals surface area contributed by atoms with Crippen LogP contribution in [0.5, 0.6) is 0 Å². The molecule has 0 amide bonds. The van der Waals surface area contributed by atoms with Gasteiger partial charge in [-0.15, -0.1) is 0 Å². The molecule has 11 heavy (non-hydrogen) atoms. The maximum absolute atomic E-state index is 10.8. The van der Waals surface area contributed by atoms with Crippen LogP contribution in [0, 0.1) is 0 Å². The summed E-state index contributed by atoms with van der Waals surface area (Å²) in [7, 11) is 0. The maximum Gasteiger partial charge on any atom is 0.339 e. The normalized spacial score (nSPS) is 11.0. The molecule has 0 heterocycles. The number of esters is 1. The van der Waals surface area contributed by atoms with Crippen molar-refractivity contribution in [2.24, 2.45) is 0 Å². The van der Waals surface area contributed by atoms with Crippen molar-refractivity contribution in [3.8, 4) is 0 Å². The Morgan fingerprint density at radius 1 is 1.73 bits per heavy atom. The summed E-state index contributed by atoms with van der Waals surface area (Å²) in [4.78, 5) is 10.8. The monoisotopic (exact) mass is 174 g/mol. The summed E-state index contributed by atoms with van der Waals surface area (Å²) in [5, 5.41) is 0.112. The molecule has 0 saturated carbocycles. The number of rotatable bonds is 3. The number of halogens is 1. The smallest absolute Gasteiger partial charge is 0.339 e. The van der Waals surface area contributed by atoms with Crippen molar-refractivity contribution in [3.63, 3.8) is 0 Å². The van der Waals surface area contributed by atoms with E-state index in [1.54, 1.807) is 13.0 Å². The van der Waals surface area contributed by atoms with Gasteiger partial charge >= 0.3 is 5.97 Å². The lowest BCUT2D eigenvalue weighted by molar-refractivity contribution is -0.134. The van der Waals surface area contributed by atoms with E-state index in [1.165, 1.54) is 0 Å². The Morgan fingerprint density at radius 3 is 2.64 bits per heavy atom. The third-order valence-corrected chi connectivity index (χ3v) is 1.13. The van der Waals surface area contributed by atoms with E-state index in [9.17, 15) is 4.79 Å². The third-order valence-electron chi connectivity index (χ3n) is 0.903. The number of allylic oxidation sites excluding steroid dienone is 1. The average molecular weight is 175 g/mol. The predicted octanol–water partition coefficient (Wildman–Crippen LogP) is 2.60. The Bertz CT molecular complexity index is 194. The van der Waals surface area contributed by atoms with Crippen LogP contribution in [0.25, 0.3) is 0 Å². The number of hydrogen-bond donors (Lipinski definition) is 0. The van der Waals surface area contributed by atoms with Crippen molar-refractivity contribution in [1.29, 1.82) is 0 Å². The van der Waals surface area contributed by atoms with Gasteiger partial charge in [-0.3, -0.25) is 0 Å². The molecule has 0 spiro atoms. The summed E-state index contributed by atoms with van der Waals surface area (Å²) in [6.45, 7) is 6.88. The van der Waals surface area contributed by atoms with Crippen LogP contribution in [0.4, 0.5) is 0 Å². The Balaban J connectivity index is 3.95. The van der Waals surface area contributed by atoms with Gasteiger partial charge < -0.3 is 4.74 Å². The van der Waals surface area contributed by atoms with Crippen LogP contribution in [0.1, 0.15) is 20.3 Å². The number of hydrogen-bond acceptors (Lipinski definition) is 2. The summed E-state index contributed by atoms with van der Waals surface area (Å²) < 4.78 is 4.64. The third kappa shape index (κ3) is 4.62. The van der Waals surface area contributed by atoms with Gasteiger partial charge in [0.05, 0.1) is 0 Å². The van der Waals surface area contributed by atoms with Gasteiger partial charge in [0.15, 0.2) is 5.22 Å². The SMILES string of the molecule is C=C(C)C(=O)O/C(Cl)=C/CC. The summed E-state index contributed by atoms with van der Waals surface area (Å²) >= 11 is 5.50. The highest BCUT2D eigenvalue weighted by Gasteiger charge is 2.04. The van der Waals surface area contributed by atoms with E-state index in [1.807, 2.05) is 6.92 Å². The predicted molar refractivity (Wildman–Crippen MR) is 45.1 cm³/mol. The molecular formula is C8H11ClO2. The lowest BCUT2D eigenvalue weighted by atomic mass is 10.4. The highest BCUT2D eigenvalue weighted by atomic mass is 35.5. The van der Waals surface area contributed by atoms with Gasteiger partial charge in [-0.2, -0.15) is 0 Å². The molecule has 0 aromatic heterocycles. The lowest BCUT2D eigenvalue weighted by Crippen LogP contribution is -2.01. The van der Waals surface area contributed by atoms with Gasteiger partial charge in [-0.1, -0.05) is 13.5 Å². The molecule has 0 aliphatic carbocycles. The Kier molecular flexibility index (Phi) is 4.62. The first-order chi connectivity index (χ1) is 5.07. The van der Waals surface area contributed by atoms with E-state index >= 15 is 0 Å². The van der Waals surface area contributed by atoms with E-state index in [4.69, 9.17) is 11.6 Å². The minimum atomic E-state index is -0.486. The molecule has 3 heteroatoms. The molecule has 0 aromatic carbocycles. The van der Waals surface area contributed by atoms with Gasteiger partial charge in [-0.05, 0) is 31.0 Å². The Morgan fingerprint density at radius 2 is 2.27 bits per heavy atom. The van der Waals surface area contributed by atoms with Gasteiger partial charge in [0.25, 0.3) is 0 Å². The molecule has 0 aromatic rings. The zero-order valence-electron chi connectivity index (χ0n) is 6.69. The fourth-order valence-corrected chi connectivity index (χ4v) is 0.602. The fraction of sp³-hybridized carbons (Fsp3) is 0.375. The van der Waals surface area contributed by atoms with Crippen LogP contribution in [-0.2, 0) is 9.53 Å². The van der Waals surface area contributed by atoms with E-state index in [0.717, 1.165) is 6.42 Å². The first kappa shape index (κ1) is 10.2. The summed E-state index contributed by atoms with van der Waals surface area (Å²) in [6.07, 6.45) is 2.35. The largest absolute Gasteiger partial charge is 0.411 e. The number of carbonyl (C=O) groups excluding carboxylic acids is 1. The first-order valence-corrected chi connectivity index (χ1v) is 3.69. The van der Waals surface area contributed by atoms with Crippen LogP contribution in [-0.4, -0.2) is 5.97 Å². The van der Waals surface area contributed by atoms with Gasteiger partial charge in [-0.25, -0.2) is 4.79 Å². The molecule has 0 aliphatic heterocycles. The van der Waals surface area contributed by atoms with E-state index in [-0.39, 0.29) is 5.22 Å². The van der Waals surface area contributed by atoms with Crippen molar-refractivity contribution in [2.45, 2.75) is 20.3 Å². The molecule has 0 bridgehead atoms. The molecule has 0 saturated heterocycles. The second-order valence-electron chi connectivity index (χ2n) is 2.09. The molecule has 0 rings (SSSR count). The zero-order chi connectivity index (χ0) is 8.85. The molecule has 0 radical (unpaired) electrons. The van der Waals surface area contributed by atoms with Crippen LogP contribution in [0.2, 0.25) is 0 Å². The summed E-state index contributed by atoms with van der Waals surface area (Å²) in [6, 6.07) is 0.